The van der Waals surface area contributed by atoms with Gasteiger partial charge in [-0.15, -0.1) is 11.3 Å². The van der Waals surface area contributed by atoms with Gasteiger partial charge in [-0.2, -0.15) is 0 Å². The van der Waals surface area contributed by atoms with Crippen LogP contribution < -0.4 is 10.9 Å². The van der Waals surface area contributed by atoms with Crippen LogP contribution in [0.3, 0.4) is 0 Å². The van der Waals surface area contributed by atoms with Crippen molar-refractivity contribution in [3.8, 4) is 0 Å². The van der Waals surface area contributed by atoms with Gasteiger partial charge in [-0.3, -0.25) is 9.59 Å². The van der Waals surface area contributed by atoms with Gasteiger partial charge in [-0.25, -0.2) is 4.98 Å². The molecular weight excluding hydrogens is 254 g/mol. The molecule has 18 heavy (non-hydrogen) atoms. The van der Waals surface area contributed by atoms with Crippen molar-refractivity contribution in [2.24, 2.45) is 0 Å². The number of fused-ring (bicyclic) bond motifs is 1. The van der Waals surface area contributed by atoms with Crippen LogP contribution in [0, 0.1) is 6.92 Å². The summed E-state index contributed by atoms with van der Waals surface area (Å²) in [5.41, 5.74) is 0.411. The van der Waals surface area contributed by atoms with Gasteiger partial charge in [0.05, 0.1) is 16.6 Å². The lowest BCUT2D eigenvalue weighted by molar-refractivity contribution is 0.0955. The number of nitrogens with zero attached hydrogens (tertiary/aromatic N) is 1. The van der Waals surface area contributed by atoms with Crippen LogP contribution in [0.15, 0.2) is 11.1 Å². The Balaban J connectivity index is 2.34. The number of aromatic nitrogens is 2. The Labute approximate surface area is 107 Å². The summed E-state index contributed by atoms with van der Waals surface area (Å²) in [7, 11) is 0. The van der Waals surface area contributed by atoms with Crippen LogP contribution in [-0.2, 0) is 0 Å². The second-order valence-corrected chi connectivity index (χ2v) is 4.80. The van der Waals surface area contributed by atoms with Gasteiger partial charge in [-0.05, 0) is 18.9 Å². The zero-order valence-corrected chi connectivity index (χ0v) is 10.6. The number of thiophene rings is 1. The van der Waals surface area contributed by atoms with Crippen molar-refractivity contribution in [1.82, 2.24) is 15.3 Å². The molecule has 0 saturated carbocycles. The van der Waals surface area contributed by atoms with Gasteiger partial charge in [0.2, 0.25) is 0 Å². The summed E-state index contributed by atoms with van der Waals surface area (Å²) in [4.78, 5) is 31.1. The summed E-state index contributed by atoms with van der Waals surface area (Å²) in [5.74, 6) is -0.233. The average Bonchev–Trinajstić information content (AvgIpc) is 2.68. The summed E-state index contributed by atoms with van der Waals surface area (Å²) < 4.78 is 0. The van der Waals surface area contributed by atoms with Crippen LogP contribution in [0.2, 0.25) is 0 Å². The fraction of sp³-hybridized carbons (Fsp3) is 0.364. The number of hydrogen-bond acceptors (Lipinski definition) is 5. The second kappa shape index (κ2) is 5.28. The number of aliphatic hydroxyl groups excluding tert-OH is 1. The number of aromatic amines is 1. The molecule has 0 aliphatic rings. The highest BCUT2D eigenvalue weighted by Crippen LogP contribution is 2.26. The lowest BCUT2D eigenvalue weighted by Gasteiger charge is -2.02. The van der Waals surface area contributed by atoms with Crippen LogP contribution in [0.5, 0.6) is 0 Å². The number of nitrogens with one attached hydrogen (secondary N) is 2. The van der Waals surface area contributed by atoms with Crippen molar-refractivity contribution in [2.45, 2.75) is 13.3 Å². The van der Waals surface area contributed by atoms with Crippen LogP contribution in [0.25, 0.3) is 10.2 Å². The van der Waals surface area contributed by atoms with Gasteiger partial charge >= 0.3 is 0 Å². The summed E-state index contributed by atoms with van der Waals surface area (Å²) >= 11 is 1.20. The first-order valence-corrected chi connectivity index (χ1v) is 6.32. The van der Waals surface area contributed by atoms with E-state index in [4.69, 9.17) is 5.11 Å². The maximum atomic E-state index is 11.9. The molecule has 2 aromatic heterocycles. The van der Waals surface area contributed by atoms with Crippen LogP contribution in [0.1, 0.15) is 21.7 Å². The number of rotatable bonds is 4. The molecule has 0 spiro atoms. The standard InChI is InChI=1S/C11H13N3O3S/c1-6-7-9(16)13-5-14-11(7)18-8(6)10(17)12-3-2-4-15/h5,15H,2-4H2,1H3,(H,12,17)(H,13,14,16). The van der Waals surface area contributed by atoms with Gasteiger partial charge in [0, 0.05) is 13.2 Å². The molecule has 1 amide bonds. The summed E-state index contributed by atoms with van der Waals surface area (Å²) in [6.07, 6.45) is 1.84. The molecule has 6 nitrogen and oxygen atoms in total. The summed E-state index contributed by atoms with van der Waals surface area (Å²) in [6, 6.07) is 0. The molecular formula is C11H13N3O3S. The molecule has 2 rings (SSSR count). The average molecular weight is 267 g/mol. The lowest BCUT2D eigenvalue weighted by Crippen LogP contribution is -2.24. The minimum absolute atomic E-state index is 0.0346. The Kier molecular flexibility index (Phi) is 3.73. The van der Waals surface area contributed by atoms with E-state index in [9.17, 15) is 9.59 Å². The van der Waals surface area contributed by atoms with Gasteiger partial charge in [0.15, 0.2) is 0 Å². The first-order chi connectivity index (χ1) is 8.65. The lowest BCUT2D eigenvalue weighted by atomic mass is 10.2. The molecule has 0 aromatic carbocycles. The van der Waals surface area contributed by atoms with E-state index in [0.717, 1.165) is 0 Å². The Morgan fingerprint density at radius 1 is 1.61 bits per heavy atom. The molecule has 2 heterocycles. The predicted octanol–water partition coefficient (Wildman–Crippen LogP) is 0.405. The SMILES string of the molecule is Cc1c(C(=O)NCCCO)sc2nc[nH]c(=O)c12. The molecule has 2 aromatic rings. The fourth-order valence-electron chi connectivity index (χ4n) is 1.66. The molecule has 0 radical (unpaired) electrons. The number of amides is 1. The third-order valence-electron chi connectivity index (χ3n) is 2.56. The second-order valence-electron chi connectivity index (χ2n) is 3.80. The van der Waals surface area contributed by atoms with Gasteiger partial charge < -0.3 is 15.4 Å². The molecule has 0 unspecified atom stereocenters. The molecule has 96 valence electrons. The van der Waals surface area contributed by atoms with E-state index < -0.39 is 0 Å². The van der Waals surface area contributed by atoms with Crippen LogP contribution in [-0.4, -0.2) is 34.1 Å². The third-order valence-corrected chi connectivity index (χ3v) is 3.76. The van der Waals surface area contributed by atoms with Crippen molar-refractivity contribution >= 4 is 27.5 Å². The van der Waals surface area contributed by atoms with Crippen molar-refractivity contribution in [2.75, 3.05) is 13.2 Å². The molecule has 0 aliphatic carbocycles. The van der Waals surface area contributed by atoms with E-state index >= 15 is 0 Å². The molecule has 0 saturated heterocycles. The zero-order chi connectivity index (χ0) is 13.1. The molecule has 7 heteroatoms. The van der Waals surface area contributed by atoms with Crippen molar-refractivity contribution in [1.29, 1.82) is 0 Å². The highest BCUT2D eigenvalue weighted by Gasteiger charge is 2.17. The largest absolute Gasteiger partial charge is 0.396 e. The maximum Gasteiger partial charge on any atom is 0.261 e. The minimum atomic E-state index is -0.233. The van der Waals surface area contributed by atoms with Crippen molar-refractivity contribution in [3.63, 3.8) is 0 Å². The normalized spacial score (nSPS) is 10.8. The van der Waals surface area contributed by atoms with Gasteiger partial charge in [0.1, 0.15) is 4.83 Å². The Hall–Kier alpha value is -1.73. The highest BCUT2D eigenvalue weighted by atomic mass is 32.1. The number of carbonyl (C=O) groups is 1. The first kappa shape index (κ1) is 12.7. The number of aliphatic hydroxyl groups is 1. The molecule has 3 N–H and O–H groups in total. The van der Waals surface area contributed by atoms with E-state index in [1.807, 2.05) is 0 Å². The Morgan fingerprint density at radius 3 is 3.06 bits per heavy atom. The van der Waals surface area contributed by atoms with E-state index in [0.29, 0.717) is 33.6 Å². The Morgan fingerprint density at radius 2 is 2.39 bits per heavy atom. The quantitative estimate of drug-likeness (QED) is 0.699. The summed E-state index contributed by atoms with van der Waals surface area (Å²) in [6.45, 7) is 2.18. The van der Waals surface area contributed by atoms with Crippen molar-refractivity contribution < 1.29 is 9.90 Å². The molecule has 0 bridgehead atoms. The predicted molar refractivity (Wildman–Crippen MR) is 69.0 cm³/mol. The van der Waals surface area contributed by atoms with E-state index in [1.165, 1.54) is 17.7 Å². The smallest absolute Gasteiger partial charge is 0.261 e. The zero-order valence-electron chi connectivity index (χ0n) is 9.82. The highest BCUT2D eigenvalue weighted by molar-refractivity contribution is 7.20. The van der Waals surface area contributed by atoms with Gasteiger partial charge in [-0.1, -0.05) is 0 Å². The first-order valence-electron chi connectivity index (χ1n) is 5.51. The van der Waals surface area contributed by atoms with Crippen molar-refractivity contribution in [3.05, 3.63) is 27.1 Å². The van der Waals surface area contributed by atoms with Crippen LogP contribution >= 0.6 is 11.3 Å². The topological polar surface area (TPSA) is 95.1 Å². The molecule has 0 atom stereocenters. The minimum Gasteiger partial charge on any atom is -0.396 e. The number of H-pyrrole nitrogens is 1. The third kappa shape index (κ3) is 2.27. The summed E-state index contributed by atoms with van der Waals surface area (Å²) in [5, 5.41) is 11.8. The fourth-order valence-corrected chi connectivity index (χ4v) is 2.72. The maximum absolute atomic E-state index is 11.9. The molecule has 0 fully saturated rings. The number of carbonyl (C=O) groups excluding carboxylic acids is 1. The number of hydrogen-bond donors (Lipinski definition) is 3. The van der Waals surface area contributed by atoms with E-state index in [-0.39, 0.29) is 18.1 Å². The van der Waals surface area contributed by atoms with Gasteiger partial charge in [0.25, 0.3) is 11.5 Å². The number of aryl methyl sites for hydroxylation is 1. The van der Waals surface area contributed by atoms with E-state index in [1.54, 1.807) is 6.92 Å². The Bertz CT molecular complexity index is 632. The van der Waals surface area contributed by atoms with Crippen LogP contribution in [0.4, 0.5) is 0 Å². The molecule has 0 aliphatic heterocycles. The monoisotopic (exact) mass is 267 g/mol. The van der Waals surface area contributed by atoms with E-state index in [2.05, 4.69) is 15.3 Å².